The van der Waals surface area contributed by atoms with E-state index >= 15 is 0 Å². The number of carbonyl (C=O) groups excluding carboxylic acids is 1. The highest BCUT2D eigenvalue weighted by molar-refractivity contribution is 5.88. The lowest BCUT2D eigenvalue weighted by Gasteiger charge is -2.25. The topological polar surface area (TPSA) is 41.1 Å². The summed E-state index contributed by atoms with van der Waals surface area (Å²) in [5.74, 6) is -0.720. The molecule has 2 N–H and O–H groups in total. The molecule has 182 valence electrons. The maximum atomic E-state index is 13.3. The Labute approximate surface area is 202 Å². The van der Waals surface area contributed by atoms with Crippen molar-refractivity contribution in [3.63, 3.8) is 0 Å². The second-order valence-corrected chi connectivity index (χ2v) is 8.47. The van der Waals surface area contributed by atoms with Crippen molar-refractivity contribution in [1.29, 1.82) is 0 Å². The molecule has 1 saturated heterocycles. The number of halogens is 2. The monoisotopic (exact) mass is 466 g/mol. The molecule has 3 aromatic rings. The Bertz CT molecular complexity index is 969. The van der Waals surface area contributed by atoms with Gasteiger partial charge in [0.25, 0.3) is 0 Å². The van der Waals surface area contributed by atoms with Crippen LogP contribution in [-0.4, -0.2) is 26.0 Å². The largest absolute Gasteiger partial charge is 0.358 e. The lowest BCUT2D eigenvalue weighted by Crippen LogP contribution is -2.38. The van der Waals surface area contributed by atoms with Gasteiger partial charge in [-0.25, -0.2) is 8.78 Å². The smallest absolute Gasteiger partial charge is 0.229 e. The number of benzene rings is 3. The summed E-state index contributed by atoms with van der Waals surface area (Å²) in [6, 6.07) is 18.3. The first-order valence-electron chi connectivity index (χ1n) is 11.9. The maximum Gasteiger partial charge on any atom is 0.229 e. The zero-order valence-electron chi connectivity index (χ0n) is 20.8. The van der Waals surface area contributed by atoms with Crippen LogP contribution in [0.4, 0.5) is 8.78 Å². The van der Waals surface area contributed by atoms with Crippen molar-refractivity contribution in [2.75, 3.05) is 20.1 Å². The third-order valence-corrected chi connectivity index (χ3v) is 5.76. The van der Waals surface area contributed by atoms with E-state index in [1.165, 1.54) is 50.2 Å². The van der Waals surface area contributed by atoms with Gasteiger partial charge >= 0.3 is 0 Å². The van der Waals surface area contributed by atoms with Gasteiger partial charge in [0.1, 0.15) is 11.6 Å². The van der Waals surface area contributed by atoms with E-state index in [1.54, 1.807) is 31.3 Å². The SMILES string of the molecule is C1CCNC1.CC.CNC(=O)C(C)(C)c1cc(-c2ccc(F)cc2)cc(-c2ccc(F)cc2)c1. The molecule has 3 aromatic carbocycles. The molecule has 1 heterocycles. The van der Waals surface area contributed by atoms with Crippen LogP contribution in [0, 0.1) is 11.6 Å². The van der Waals surface area contributed by atoms with Crippen molar-refractivity contribution in [3.05, 3.63) is 83.9 Å². The average molecular weight is 467 g/mol. The molecule has 0 aromatic heterocycles. The first-order valence-corrected chi connectivity index (χ1v) is 11.9. The van der Waals surface area contributed by atoms with Gasteiger partial charge in [-0.15, -0.1) is 0 Å². The summed E-state index contributed by atoms with van der Waals surface area (Å²) in [6.45, 7) is 10.2. The lowest BCUT2D eigenvalue weighted by molar-refractivity contribution is -0.125. The van der Waals surface area contributed by atoms with Gasteiger partial charge in [-0.2, -0.15) is 0 Å². The van der Waals surface area contributed by atoms with Crippen molar-refractivity contribution >= 4 is 5.91 Å². The summed E-state index contributed by atoms with van der Waals surface area (Å²) in [7, 11) is 1.61. The number of hydrogen-bond donors (Lipinski definition) is 2. The summed E-state index contributed by atoms with van der Waals surface area (Å²) in [5, 5.41) is 5.92. The van der Waals surface area contributed by atoms with Crippen LogP contribution in [0.15, 0.2) is 66.7 Å². The fourth-order valence-electron chi connectivity index (χ4n) is 3.68. The van der Waals surface area contributed by atoms with Crippen molar-refractivity contribution in [2.45, 2.75) is 46.0 Å². The molecule has 0 aliphatic carbocycles. The van der Waals surface area contributed by atoms with Crippen molar-refractivity contribution in [2.24, 2.45) is 0 Å². The minimum atomic E-state index is -0.764. The predicted molar refractivity (Wildman–Crippen MR) is 138 cm³/mol. The molecular formula is C29H36F2N2O. The van der Waals surface area contributed by atoms with Crippen LogP contribution in [0.3, 0.4) is 0 Å². The second-order valence-electron chi connectivity index (χ2n) is 8.47. The summed E-state index contributed by atoms with van der Waals surface area (Å²) in [4.78, 5) is 12.4. The predicted octanol–water partition coefficient (Wildman–Crippen LogP) is 6.72. The Balaban J connectivity index is 0.000000507. The van der Waals surface area contributed by atoms with Gasteiger partial charge in [-0.1, -0.05) is 50.2 Å². The van der Waals surface area contributed by atoms with Crippen LogP contribution in [0.5, 0.6) is 0 Å². The maximum absolute atomic E-state index is 13.3. The lowest BCUT2D eigenvalue weighted by atomic mass is 9.80. The molecule has 0 unspecified atom stereocenters. The first kappa shape index (κ1) is 27.2. The third kappa shape index (κ3) is 7.22. The van der Waals surface area contributed by atoms with Gasteiger partial charge in [-0.3, -0.25) is 4.79 Å². The van der Waals surface area contributed by atoms with E-state index in [9.17, 15) is 13.6 Å². The minimum absolute atomic E-state index is 0.108. The minimum Gasteiger partial charge on any atom is -0.358 e. The Hall–Kier alpha value is -3.05. The van der Waals surface area contributed by atoms with E-state index in [1.807, 2.05) is 45.9 Å². The number of likely N-dealkylation sites (N-methyl/N-ethyl adjacent to an activating group) is 1. The van der Waals surface area contributed by atoms with E-state index in [0.29, 0.717) is 0 Å². The number of hydrogen-bond acceptors (Lipinski definition) is 2. The zero-order valence-corrected chi connectivity index (χ0v) is 20.8. The Morgan fingerprint density at radius 2 is 1.18 bits per heavy atom. The number of carbonyl (C=O) groups is 1. The molecule has 1 aliphatic rings. The third-order valence-electron chi connectivity index (χ3n) is 5.76. The van der Waals surface area contributed by atoms with Crippen LogP contribution >= 0.6 is 0 Å². The molecule has 0 bridgehead atoms. The summed E-state index contributed by atoms with van der Waals surface area (Å²) in [6.07, 6.45) is 2.78. The normalized spacial score (nSPS) is 12.7. The van der Waals surface area contributed by atoms with E-state index in [0.717, 1.165) is 27.8 Å². The van der Waals surface area contributed by atoms with Crippen LogP contribution in [0.1, 0.15) is 46.1 Å². The van der Waals surface area contributed by atoms with Gasteiger partial charge < -0.3 is 10.6 Å². The fourth-order valence-corrected chi connectivity index (χ4v) is 3.68. The van der Waals surface area contributed by atoms with Crippen LogP contribution in [-0.2, 0) is 10.2 Å². The number of rotatable bonds is 4. The molecule has 34 heavy (non-hydrogen) atoms. The van der Waals surface area contributed by atoms with Crippen molar-refractivity contribution in [1.82, 2.24) is 10.6 Å². The molecule has 0 saturated carbocycles. The van der Waals surface area contributed by atoms with E-state index < -0.39 is 5.41 Å². The number of amides is 1. The summed E-state index contributed by atoms with van der Waals surface area (Å²) in [5.41, 5.74) is 3.47. The molecule has 4 rings (SSSR count). The van der Waals surface area contributed by atoms with E-state index in [2.05, 4.69) is 10.6 Å². The Kier molecular flexibility index (Phi) is 10.4. The first-order chi connectivity index (χ1) is 16.3. The van der Waals surface area contributed by atoms with Gasteiger partial charge in [-0.05, 0) is 97.9 Å². The van der Waals surface area contributed by atoms with Gasteiger partial charge in [0.15, 0.2) is 0 Å². The molecule has 0 atom stereocenters. The summed E-state index contributed by atoms with van der Waals surface area (Å²) >= 11 is 0. The highest BCUT2D eigenvalue weighted by Crippen LogP contribution is 2.34. The molecule has 1 aliphatic heterocycles. The van der Waals surface area contributed by atoms with Gasteiger partial charge in [0.05, 0.1) is 5.41 Å². The van der Waals surface area contributed by atoms with Gasteiger partial charge in [0, 0.05) is 7.05 Å². The van der Waals surface area contributed by atoms with E-state index in [4.69, 9.17) is 0 Å². The van der Waals surface area contributed by atoms with Crippen LogP contribution in [0.2, 0.25) is 0 Å². The summed E-state index contributed by atoms with van der Waals surface area (Å²) < 4.78 is 26.6. The molecule has 3 nitrogen and oxygen atoms in total. The second kappa shape index (κ2) is 13.0. The highest BCUT2D eigenvalue weighted by atomic mass is 19.1. The molecule has 5 heteroatoms. The molecule has 1 amide bonds. The fraction of sp³-hybridized carbons (Fsp3) is 0.345. The molecule has 1 fully saturated rings. The molecule has 0 radical (unpaired) electrons. The Morgan fingerprint density at radius 3 is 1.50 bits per heavy atom. The van der Waals surface area contributed by atoms with Crippen molar-refractivity contribution < 1.29 is 13.6 Å². The van der Waals surface area contributed by atoms with Crippen LogP contribution in [0.25, 0.3) is 22.3 Å². The van der Waals surface area contributed by atoms with Gasteiger partial charge in [0.2, 0.25) is 5.91 Å². The highest BCUT2D eigenvalue weighted by Gasteiger charge is 2.29. The van der Waals surface area contributed by atoms with E-state index in [-0.39, 0.29) is 17.5 Å². The number of nitrogens with one attached hydrogen (secondary N) is 2. The van der Waals surface area contributed by atoms with Crippen LogP contribution < -0.4 is 10.6 Å². The molecule has 0 spiro atoms. The average Bonchev–Trinajstić information content (AvgIpc) is 3.46. The molecular weight excluding hydrogens is 430 g/mol. The zero-order chi connectivity index (χ0) is 25.1. The quantitative estimate of drug-likeness (QED) is 0.448. The van der Waals surface area contributed by atoms with Crippen molar-refractivity contribution in [3.8, 4) is 22.3 Å². The standard InChI is InChI=1S/C23H21F2NO.C4H9N.C2H6/c1-23(2,22(27)26-3)19-13-17(15-4-8-20(24)9-5-15)12-18(14-19)16-6-10-21(25)11-7-16;1-2-4-5-3-1;1-2/h4-14H,1-3H3,(H,26,27);5H,1-4H2;1-2H3. The Morgan fingerprint density at radius 1 is 0.765 bits per heavy atom.